The van der Waals surface area contributed by atoms with E-state index in [9.17, 15) is 19.5 Å². The van der Waals surface area contributed by atoms with Crippen LogP contribution < -0.4 is 5.32 Å². The highest BCUT2D eigenvalue weighted by Gasteiger charge is 2.60. The molecule has 0 saturated carbocycles. The number of nitrogens with zero attached hydrogens (tertiary/aromatic N) is 5. The van der Waals surface area contributed by atoms with Crippen LogP contribution >= 0.6 is 0 Å². The van der Waals surface area contributed by atoms with Crippen LogP contribution in [-0.2, 0) is 33.3 Å². The van der Waals surface area contributed by atoms with Gasteiger partial charge in [0.15, 0.2) is 17.7 Å². The molecule has 292 valence electrons. The van der Waals surface area contributed by atoms with E-state index in [4.69, 9.17) is 29.2 Å². The van der Waals surface area contributed by atoms with E-state index in [1.807, 2.05) is 39.8 Å². The van der Waals surface area contributed by atoms with Gasteiger partial charge in [-0.15, -0.1) is 0 Å². The predicted octanol–water partition coefficient (Wildman–Crippen LogP) is 4.15. The number of azide groups is 1. The van der Waals surface area contributed by atoms with Crippen LogP contribution in [0.5, 0.6) is 0 Å². The molecular formula is C35H61FN6O9. The fourth-order valence-electron chi connectivity index (χ4n) is 8.17. The first-order chi connectivity index (χ1) is 23.8. The fourth-order valence-corrected chi connectivity index (χ4v) is 8.17. The lowest BCUT2D eigenvalue weighted by molar-refractivity contribution is -0.295. The number of ether oxygens (including phenoxy) is 5. The summed E-state index contributed by atoms with van der Waals surface area (Å²) in [6.07, 6.45) is -3.32. The predicted molar refractivity (Wildman–Crippen MR) is 186 cm³/mol. The van der Waals surface area contributed by atoms with Gasteiger partial charge < -0.3 is 39.0 Å². The molecule has 0 spiro atoms. The van der Waals surface area contributed by atoms with Crippen molar-refractivity contribution in [1.29, 1.82) is 0 Å². The van der Waals surface area contributed by atoms with Crippen LogP contribution in [0.1, 0.15) is 87.5 Å². The molecular weight excluding hydrogens is 667 g/mol. The van der Waals surface area contributed by atoms with Gasteiger partial charge in [0.05, 0.1) is 23.9 Å². The number of aliphatic hydroxyl groups excluding tert-OH is 1. The van der Waals surface area contributed by atoms with Gasteiger partial charge in [-0.2, -0.15) is 0 Å². The Labute approximate surface area is 301 Å². The number of aliphatic hydroxyl groups is 1. The maximum atomic E-state index is 16.8. The average Bonchev–Trinajstić information content (AvgIpc) is 3.33. The molecule has 0 radical (unpaired) electrons. The summed E-state index contributed by atoms with van der Waals surface area (Å²) in [6, 6.07) is -1.35. The number of fused-ring (bicyclic) bond motifs is 1. The number of carbonyl (C=O) groups excluding carboxylic acids is 3. The van der Waals surface area contributed by atoms with E-state index in [-0.39, 0.29) is 37.6 Å². The minimum atomic E-state index is -3.13. The van der Waals surface area contributed by atoms with Crippen molar-refractivity contribution in [2.24, 2.45) is 17.0 Å². The van der Waals surface area contributed by atoms with Crippen LogP contribution in [0.3, 0.4) is 0 Å². The molecule has 3 aliphatic heterocycles. The standard InChI is InChI=1S/C35H61FN6O9/c1-12-25-35(8)27(42(32(46)51-35)16-14-13-15-39-40-37)23(5)38-19-20(2)18-33(6,47-11)29(22(4)28(44)34(7,36)31(45)49-25)50-30-26(43)24(41(9)10)17-21(3)48-30/h20-27,29-30,38,43H,12-19H2,1-11H3/t20-,21?,22-,23-,24?,25-,26?,27-,29-,30+,33-,34-,35-/m1/s1. The largest absolute Gasteiger partial charge is 0.455 e. The van der Waals surface area contributed by atoms with E-state index >= 15 is 4.39 Å². The van der Waals surface area contributed by atoms with Gasteiger partial charge in [0.2, 0.25) is 0 Å². The number of esters is 1. The van der Waals surface area contributed by atoms with Gasteiger partial charge >= 0.3 is 12.1 Å². The second kappa shape index (κ2) is 17.5. The van der Waals surface area contributed by atoms with Gasteiger partial charge in [-0.3, -0.25) is 9.69 Å². The number of methoxy groups -OCH3 is 1. The summed E-state index contributed by atoms with van der Waals surface area (Å²) in [6.45, 7) is 14.3. The van der Waals surface area contributed by atoms with Crippen molar-refractivity contribution in [2.75, 3.05) is 40.8 Å². The third-order valence-electron chi connectivity index (χ3n) is 11.0. The Morgan fingerprint density at radius 2 is 1.82 bits per heavy atom. The smallest absolute Gasteiger partial charge is 0.410 e. The maximum Gasteiger partial charge on any atom is 0.410 e. The zero-order valence-electron chi connectivity index (χ0n) is 32.3. The Morgan fingerprint density at radius 3 is 2.41 bits per heavy atom. The lowest BCUT2D eigenvalue weighted by atomic mass is 9.78. The van der Waals surface area contributed by atoms with E-state index in [1.165, 1.54) is 14.0 Å². The van der Waals surface area contributed by atoms with Gasteiger partial charge in [0.1, 0.15) is 12.2 Å². The summed E-state index contributed by atoms with van der Waals surface area (Å²) in [5.41, 5.74) is 2.89. The monoisotopic (exact) mass is 728 g/mol. The topological polar surface area (TPSA) is 185 Å². The molecule has 3 rings (SSSR count). The van der Waals surface area contributed by atoms with E-state index in [1.54, 1.807) is 25.7 Å². The Kier molecular flexibility index (Phi) is 14.7. The molecule has 0 aromatic carbocycles. The third kappa shape index (κ3) is 9.32. The summed E-state index contributed by atoms with van der Waals surface area (Å²) < 4.78 is 47.2. The number of nitrogens with one attached hydrogen (secondary N) is 1. The molecule has 13 atom stereocenters. The fraction of sp³-hybridized carbons (Fsp3) is 0.914. The number of unbranched alkanes of at least 4 members (excludes halogenated alkanes) is 1. The zero-order valence-corrected chi connectivity index (χ0v) is 32.3. The Balaban J connectivity index is 2.07. The lowest BCUT2D eigenvalue weighted by Crippen LogP contribution is -2.61. The van der Waals surface area contributed by atoms with E-state index < -0.39 is 77.3 Å². The molecule has 0 bridgehead atoms. The first-order valence-corrected chi connectivity index (χ1v) is 18.2. The number of amides is 1. The lowest BCUT2D eigenvalue weighted by Gasteiger charge is -2.47. The van der Waals surface area contributed by atoms with Gasteiger partial charge in [0.25, 0.3) is 5.67 Å². The summed E-state index contributed by atoms with van der Waals surface area (Å²) in [5, 5.41) is 18.5. The van der Waals surface area contributed by atoms with Crippen LogP contribution in [0, 0.1) is 11.8 Å². The van der Waals surface area contributed by atoms with Crippen molar-refractivity contribution in [3.05, 3.63) is 10.4 Å². The van der Waals surface area contributed by atoms with Crippen LogP contribution in [0.15, 0.2) is 5.11 Å². The number of hydrogen-bond acceptors (Lipinski definition) is 12. The summed E-state index contributed by atoms with van der Waals surface area (Å²) >= 11 is 0. The SMILES string of the molecule is CC[C@H]1OC(=O)[C@](C)(F)C(=O)[C@@H](C)[C@@H](O[C@@H]2OC(C)CC(N(C)C)C2O)[C@](C)(OC)C[C@@H](C)CN[C@H](C)[C@H]2N(CCCCN=[N+]=[N-])C(=O)O[C@]12C. The number of carbonyl (C=O) groups is 3. The quantitative estimate of drug-likeness (QED) is 0.0823. The molecule has 0 aromatic heterocycles. The second-order valence-electron chi connectivity index (χ2n) is 15.5. The first-order valence-electron chi connectivity index (χ1n) is 18.2. The molecule has 3 fully saturated rings. The molecule has 16 heteroatoms. The average molecular weight is 729 g/mol. The van der Waals surface area contributed by atoms with E-state index in [0.717, 1.165) is 6.92 Å². The molecule has 0 aromatic rings. The number of cyclic esters (lactones) is 1. The molecule has 15 nitrogen and oxygen atoms in total. The summed E-state index contributed by atoms with van der Waals surface area (Å²) in [7, 11) is 5.17. The Morgan fingerprint density at radius 1 is 1.16 bits per heavy atom. The molecule has 3 saturated heterocycles. The zero-order chi connectivity index (χ0) is 38.5. The van der Waals surface area contributed by atoms with Gasteiger partial charge in [0, 0.05) is 43.1 Å². The Bertz CT molecular complexity index is 1270. The van der Waals surface area contributed by atoms with Gasteiger partial charge in [-0.05, 0) is 98.8 Å². The van der Waals surface area contributed by atoms with Crippen molar-refractivity contribution in [3.8, 4) is 0 Å². The van der Waals surface area contributed by atoms with Crippen molar-refractivity contribution in [3.63, 3.8) is 0 Å². The third-order valence-corrected chi connectivity index (χ3v) is 11.0. The number of rotatable bonds is 10. The van der Waals surface area contributed by atoms with Crippen molar-refractivity contribution in [2.45, 2.75) is 153 Å². The summed E-state index contributed by atoms with van der Waals surface area (Å²) in [4.78, 5) is 47.6. The van der Waals surface area contributed by atoms with Crippen molar-refractivity contribution < 1.29 is 47.6 Å². The number of ketones is 1. The Hall–Kier alpha value is -2.59. The van der Waals surface area contributed by atoms with Crippen LogP contribution in [-0.4, -0.2) is 139 Å². The molecule has 2 N–H and O–H groups in total. The van der Waals surface area contributed by atoms with Crippen molar-refractivity contribution >= 4 is 17.8 Å². The van der Waals surface area contributed by atoms with Crippen LogP contribution in [0.2, 0.25) is 0 Å². The van der Waals surface area contributed by atoms with Crippen LogP contribution in [0.4, 0.5) is 9.18 Å². The number of alkyl halides is 1. The molecule has 3 unspecified atom stereocenters. The summed E-state index contributed by atoms with van der Waals surface area (Å²) in [5.74, 6) is -3.87. The van der Waals surface area contributed by atoms with Crippen molar-refractivity contribution in [1.82, 2.24) is 15.1 Å². The molecule has 3 aliphatic rings. The maximum absolute atomic E-state index is 16.8. The first kappa shape index (κ1) is 42.8. The van der Waals surface area contributed by atoms with E-state index in [2.05, 4.69) is 15.3 Å². The number of Topliss-reactive ketones (excluding diaryl/α,β-unsaturated/α-hetero) is 1. The highest BCUT2D eigenvalue weighted by atomic mass is 19.1. The number of hydrogen-bond donors (Lipinski definition) is 2. The molecule has 0 aliphatic carbocycles. The highest BCUT2D eigenvalue weighted by Crippen LogP contribution is 2.41. The van der Waals surface area contributed by atoms with Gasteiger partial charge in [-0.1, -0.05) is 25.9 Å². The minimum Gasteiger partial charge on any atom is -0.455 e. The molecule has 3 heterocycles. The number of halogens is 1. The highest BCUT2D eigenvalue weighted by molar-refractivity contribution is 6.07. The minimum absolute atomic E-state index is 0.111. The van der Waals surface area contributed by atoms with E-state index in [0.29, 0.717) is 32.2 Å². The second-order valence-corrected chi connectivity index (χ2v) is 15.5. The van der Waals surface area contributed by atoms with Crippen LogP contribution in [0.25, 0.3) is 10.4 Å². The normalized spacial score (nSPS) is 41.6. The number of likely N-dealkylation sites (N-methyl/N-ethyl adjacent to an activating group) is 1. The van der Waals surface area contributed by atoms with Gasteiger partial charge in [-0.25, -0.2) is 14.0 Å². The molecule has 51 heavy (non-hydrogen) atoms. The molecule has 1 amide bonds.